The Morgan fingerprint density at radius 2 is 2.50 bits per heavy atom. The van der Waals surface area contributed by atoms with Gasteiger partial charge in [-0.25, -0.2) is 0 Å². The van der Waals surface area contributed by atoms with Crippen LogP contribution in [0.1, 0.15) is 22.7 Å². The van der Waals surface area contributed by atoms with E-state index in [0.717, 1.165) is 17.9 Å². The number of nitrogens with two attached hydrogens (primary N) is 1. The van der Waals surface area contributed by atoms with Crippen LogP contribution in [0.5, 0.6) is 0 Å². The number of hydrogen-bond donors (Lipinski definition) is 1. The lowest BCUT2D eigenvalue weighted by Crippen LogP contribution is -2.36. The van der Waals surface area contributed by atoms with Crippen molar-refractivity contribution < 1.29 is 9.21 Å². The summed E-state index contributed by atoms with van der Waals surface area (Å²) in [5, 5.41) is 0. The lowest BCUT2D eigenvalue weighted by atomic mass is 10.2. The van der Waals surface area contributed by atoms with E-state index in [2.05, 4.69) is 0 Å². The Labute approximate surface area is 99.2 Å². The van der Waals surface area contributed by atoms with Gasteiger partial charge in [0.2, 0.25) is 0 Å². The molecule has 0 radical (unpaired) electrons. The fraction of sp³-hybridized carbons (Fsp3) is 0.545. The molecule has 1 aliphatic rings. The van der Waals surface area contributed by atoms with Crippen LogP contribution < -0.4 is 5.73 Å². The van der Waals surface area contributed by atoms with Crippen molar-refractivity contribution in [3.8, 4) is 0 Å². The highest BCUT2D eigenvalue weighted by Crippen LogP contribution is 2.23. The van der Waals surface area contributed by atoms with Gasteiger partial charge in [0.25, 0.3) is 5.91 Å². The van der Waals surface area contributed by atoms with Gasteiger partial charge >= 0.3 is 0 Å². The van der Waals surface area contributed by atoms with Crippen LogP contribution in [0, 0.1) is 0 Å². The molecule has 0 spiro atoms. The summed E-state index contributed by atoms with van der Waals surface area (Å²) in [5.41, 5.74) is 5.44. The van der Waals surface area contributed by atoms with Crippen LogP contribution in [0.4, 0.5) is 0 Å². The average Bonchev–Trinajstić information content (AvgIpc) is 2.97. The predicted molar refractivity (Wildman–Crippen MR) is 64.4 cm³/mol. The Morgan fingerprint density at radius 1 is 1.69 bits per heavy atom. The zero-order valence-electron chi connectivity index (χ0n) is 9.31. The average molecular weight is 240 g/mol. The number of amides is 1. The molecular weight excluding hydrogens is 224 g/mol. The Hall–Kier alpha value is -0.940. The first-order chi connectivity index (χ1) is 7.72. The van der Waals surface area contributed by atoms with Crippen molar-refractivity contribution in [3.63, 3.8) is 0 Å². The predicted octanol–water partition coefficient (Wildman–Crippen LogP) is 1.32. The van der Waals surface area contributed by atoms with Gasteiger partial charge < -0.3 is 15.1 Å². The van der Waals surface area contributed by atoms with Crippen molar-refractivity contribution in [2.75, 3.05) is 18.6 Å². The minimum Gasteiger partial charge on any atom is -0.455 e. The summed E-state index contributed by atoms with van der Waals surface area (Å²) in [6.07, 6.45) is 1.07. The van der Waals surface area contributed by atoms with Crippen LogP contribution in [-0.2, 0) is 6.54 Å². The lowest BCUT2D eigenvalue weighted by molar-refractivity contribution is 0.0714. The molecule has 1 unspecified atom stereocenters. The van der Waals surface area contributed by atoms with Gasteiger partial charge in [0.05, 0.1) is 6.54 Å². The van der Waals surface area contributed by atoms with Crippen molar-refractivity contribution in [3.05, 3.63) is 23.7 Å². The van der Waals surface area contributed by atoms with E-state index in [-0.39, 0.29) is 5.91 Å². The molecule has 0 saturated carbocycles. The van der Waals surface area contributed by atoms with Crippen LogP contribution >= 0.6 is 11.8 Å². The van der Waals surface area contributed by atoms with E-state index >= 15 is 0 Å². The maximum Gasteiger partial charge on any atom is 0.289 e. The minimum absolute atomic E-state index is 0.0489. The summed E-state index contributed by atoms with van der Waals surface area (Å²) in [6, 6.07) is 3.79. The third-order valence-electron chi connectivity index (χ3n) is 2.85. The third kappa shape index (κ3) is 2.25. The topological polar surface area (TPSA) is 59.5 Å². The zero-order chi connectivity index (χ0) is 11.5. The zero-order valence-corrected chi connectivity index (χ0v) is 10.1. The molecule has 1 aromatic rings. The van der Waals surface area contributed by atoms with Crippen molar-refractivity contribution in [2.45, 2.75) is 19.0 Å². The SMILES string of the molecule is CN(C(=O)c1ccc(CN)o1)C1CCSC1. The maximum atomic E-state index is 12.0. The second kappa shape index (κ2) is 4.93. The van der Waals surface area contributed by atoms with Gasteiger partial charge in [0.15, 0.2) is 5.76 Å². The van der Waals surface area contributed by atoms with Gasteiger partial charge in [-0.1, -0.05) is 0 Å². The molecular formula is C11H16N2O2S. The molecule has 4 nitrogen and oxygen atoms in total. The Morgan fingerprint density at radius 3 is 3.06 bits per heavy atom. The van der Waals surface area contributed by atoms with Gasteiger partial charge in [-0.2, -0.15) is 11.8 Å². The van der Waals surface area contributed by atoms with Gasteiger partial charge in [0, 0.05) is 18.8 Å². The summed E-state index contributed by atoms with van der Waals surface area (Å²) in [4.78, 5) is 13.8. The number of rotatable bonds is 3. The van der Waals surface area contributed by atoms with Crippen molar-refractivity contribution in [1.29, 1.82) is 0 Å². The molecule has 1 aromatic heterocycles. The van der Waals surface area contributed by atoms with Crippen LogP contribution in [-0.4, -0.2) is 35.4 Å². The summed E-state index contributed by atoms with van der Waals surface area (Å²) >= 11 is 1.89. The minimum atomic E-state index is -0.0489. The van der Waals surface area contributed by atoms with E-state index in [0.29, 0.717) is 24.1 Å². The molecule has 5 heteroatoms. The molecule has 1 saturated heterocycles. The number of hydrogen-bond acceptors (Lipinski definition) is 4. The first kappa shape index (κ1) is 11.5. The number of carbonyl (C=O) groups is 1. The first-order valence-corrected chi connectivity index (χ1v) is 6.51. The van der Waals surface area contributed by atoms with Crippen molar-refractivity contribution in [2.24, 2.45) is 5.73 Å². The number of furan rings is 1. The number of carbonyl (C=O) groups excluding carboxylic acids is 1. The largest absolute Gasteiger partial charge is 0.455 e. The van der Waals surface area contributed by atoms with E-state index in [4.69, 9.17) is 10.2 Å². The van der Waals surface area contributed by atoms with Gasteiger partial charge in [-0.05, 0) is 24.3 Å². The molecule has 1 fully saturated rings. The van der Waals surface area contributed by atoms with E-state index in [1.807, 2.05) is 18.8 Å². The lowest BCUT2D eigenvalue weighted by Gasteiger charge is -2.22. The molecule has 0 bridgehead atoms. The standard InChI is InChI=1S/C11H16N2O2S/c1-13(8-4-5-16-7-8)11(14)10-3-2-9(6-12)15-10/h2-3,8H,4-7,12H2,1H3. The van der Waals surface area contributed by atoms with Crippen molar-refractivity contribution >= 4 is 17.7 Å². The van der Waals surface area contributed by atoms with Crippen LogP contribution in [0.25, 0.3) is 0 Å². The highest BCUT2D eigenvalue weighted by Gasteiger charge is 2.26. The fourth-order valence-electron chi connectivity index (χ4n) is 1.77. The Bertz CT molecular complexity index is 372. The van der Waals surface area contributed by atoms with Gasteiger partial charge in [-0.15, -0.1) is 0 Å². The summed E-state index contributed by atoms with van der Waals surface area (Å²) in [7, 11) is 1.84. The summed E-state index contributed by atoms with van der Waals surface area (Å²) < 4.78 is 5.35. The number of nitrogens with zero attached hydrogens (tertiary/aromatic N) is 1. The first-order valence-electron chi connectivity index (χ1n) is 5.36. The highest BCUT2D eigenvalue weighted by molar-refractivity contribution is 7.99. The van der Waals surface area contributed by atoms with Crippen LogP contribution in [0.2, 0.25) is 0 Å². The third-order valence-corrected chi connectivity index (χ3v) is 3.99. The monoisotopic (exact) mass is 240 g/mol. The van der Waals surface area contributed by atoms with Gasteiger partial charge in [0.1, 0.15) is 5.76 Å². The molecule has 88 valence electrons. The molecule has 16 heavy (non-hydrogen) atoms. The fourth-order valence-corrected chi connectivity index (χ4v) is 3.04. The molecule has 0 aromatic carbocycles. The quantitative estimate of drug-likeness (QED) is 0.865. The van der Waals surface area contributed by atoms with E-state index in [1.54, 1.807) is 17.0 Å². The Balaban J connectivity index is 2.05. The molecule has 2 heterocycles. The molecule has 1 atom stereocenters. The highest BCUT2D eigenvalue weighted by atomic mass is 32.2. The van der Waals surface area contributed by atoms with E-state index < -0.39 is 0 Å². The normalized spacial score (nSPS) is 20.0. The second-order valence-corrected chi connectivity index (χ2v) is 5.05. The molecule has 2 rings (SSSR count). The van der Waals surface area contributed by atoms with Gasteiger partial charge in [-0.3, -0.25) is 4.79 Å². The Kier molecular flexibility index (Phi) is 3.56. The second-order valence-electron chi connectivity index (χ2n) is 3.90. The maximum absolute atomic E-state index is 12.0. The van der Waals surface area contributed by atoms with Crippen LogP contribution in [0.3, 0.4) is 0 Å². The summed E-state index contributed by atoms with van der Waals surface area (Å²) in [6.45, 7) is 0.330. The summed E-state index contributed by atoms with van der Waals surface area (Å²) in [5.74, 6) is 3.14. The van der Waals surface area contributed by atoms with Crippen molar-refractivity contribution in [1.82, 2.24) is 4.90 Å². The molecule has 2 N–H and O–H groups in total. The molecule has 1 aliphatic heterocycles. The number of thioether (sulfide) groups is 1. The van der Waals surface area contributed by atoms with E-state index in [9.17, 15) is 4.79 Å². The molecule has 0 aliphatic carbocycles. The smallest absolute Gasteiger partial charge is 0.289 e. The van der Waals surface area contributed by atoms with Crippen LogP contribution in [0.15, 0.2) is 16.5 Å². The molecule has 1 amide bonds. The van der Waals surface area contributed by atoms with E-state index in [1.165, 1.54) is 0 Å².